The number of benzene rings is 1. The monoisotopic (exact) mass is 724 g/mol. The second kappa shape index (κ2) is 16.4. The molecule has 0 bridgehead atoms. The van der Waals surface area contributed by atoms with E-state index in [4.69, 9.17) is 42.6 Å². The van der Waals surface area contributed by atoms with Crippen LogP contribution in [0.3, 0.4) is 0 Å². The third kappa shape index (κ3) is 8.04. The maximum atomic E-state index is 11.4. The quantitative estimate of drug-likeness (QED) is 0.109. The Bertz CT molecular complexity index is 1210. The zero-order chi connectivity index (χ0) is 36.6. The number of ether oxygens (including phenoxy) is 9. The van der Waals surface area contributed by atoms with Gasteiger partial charge in [-0.2, -0.15) is 0 Å². The van der Waals surface area contributed by atoms with Crippen molar-refractivity contribution in [3.05, 3.63) is 24.3 Å². The summed E-state index contributed by atoms with van der Waals surface area (Å²) in [5, 5.41) is 106. The van der Waals surface area contributed by atoms with E-state index < -0.39 is 129 Å². The SMILES string of the molecule is COc1ccc(O[C@@H]2O[C@@H](C)[C@H](O)[C@@H](O)[C@H]2O[C@@H]2O[C@@H](C)[C@H](O)[C@@H](O[C@@H]3O[C@@H](C)[C@H](O)[C@@H](O)[C@H]3O[C@@H]3O[C@H](CO)[C@@H](O)[C@H](O)[C@H]3O)[C@H]2O)cc1. The van der Waals surface area contributed by atoms with E-state index in [2.05, 4.69) is 0 Å². The first-order chi connectivity index (χ1) is 23.7. The van der Waals surface area contributed by atoms with Gasteiger partial charge < -0.3 is 93.7 Å². The molecule has 4 saturated heterocycles. The maximum absolute atomic E-state index is 11.4. The van der Waals surface area contributed by atoms with E-state index in [1.54, 1.807) is 24.3 Å². The first kappa shape index (κ1) is 39.3. The number of rotatable bonds is 10. The second-order valence-electron chi connectivity index (χ2n) is 12.9. The molecule has 1 aromatic rings. The van der Waals surface area contributed by atoms with E-state index in [0.29, 0.717) is 11.5 Å². The van der Waals surface area contributed by atoms with Crippen molar-refractivity contribution >= 4 is 0 Å². The van der Waals surface area contributed by atoms with Crippen molar-refractivity contribution in [2.24, 2.45) is 0 Å². The molecule has 19 nitrogen and oxygen atoms in total. The first-order valence-corrected chi connectivity index (χ1v) is 16.3. The summed E-state index contributed by atoms with van der Waals surface area (Å²) in [6.07, 6.45) is -30.9. The Morgan fingerprint density at radius 3 is 1.50 bits per heavy atom. The molecule has 50 heavy (non-hydrogen) atoms. The van der Waals surface area contributed by atoms with Crippen LogP contribution in [0.25, 0.3) is 0 Å². The minimum atomic E-state index is -1.88. The lowest BCUT2D eigenvalue weighted by atomic mass is 9.96. The van der Waals surface area contributed by atoms with Crippen LogP contribution in [0.4, 0.5) is 0 Å². The van der Waals surface area contributed by atoms with Crippen molar-refractivity contribution in [2.45, 2.75) is 144 Å². The van der Waals surface area contributed by atoms with E-state index >= 15 is 0 Å². The van der Waals surface area contributed by atoms with Gasteiger partial charge in [0.15, 0.2) is 25.0 Å². The first-order valence-electron chi connectivity index (χ1n) is 16.3. The molecule has 19 heteroatoms. The standard InChI is InChI=1S/C31H48O19/c1-10-16(33)21(38)26(30(44-10)46-14-7-5-13(42-4)6-8-14)50-29-24(41)25(18(35)12(3)43-29)48-31-27(22(39)17(34)11(2)45-31)49-28-23(40)20(37)19(36)15(9-32)47-28/h5-8,10-12,15-41H,9H2,1-4H3/t10-,11-,12-,15+,16-,17-,18-,19+,20-,21+,22+,23+,24+,25+,26+,27+,28-,29-,30-,31-/m0/s1. The molecule has 1 aromatic carbocycles. The molecule has 10 N–H and O–H groups in total. The van der Waals surface area contributed by atoms with E-state index in [-0.39, 0.29) is 0 Å². The highest BCUT2D eigenvalue weighted by atomic mass is 16.8. The summed E-state index contributed by atoms with van der Waals surface area (Å²) in [7, 11) is 1.49. The summed E-state index contributed by atoms with van der Waals surface area (Å²) in [6.45, 7) is 3.59. The fourth-order valence-corrected chi connectivity index (χ4v) is 6.20. The van der Waals surface area contributed by atoms with Crippen LogP contribution in [0.15, 0.2) is 24.3 Å². The summed E-state index contributed by atoms with van der Waals surface area (Å²) in [6, 6.07) is 6.41. The molecule has 4 aliphatic rings. The molecule has 20 atom stereocenters. The zero-order valence-electron chi connectivity index (χ0n) is 27.7. The molecule has 0 spiro atoms. The summed E-state index contributed by atoms with van der Waals surface area (Å²) in [5.41, 5.74) is 0. The smallest absolute Gasteiger partial charge is 0.229 e. The minimum absolute atomic E-state index is 0.296. The van der Waals surface area contributed by atoms with Crippen LogP contribution in [-0.4, -0.2) is 188 Å². The Kier molecular flexibility index (Phi) is 12.9. The van der Waals surface area contributed by atoms with Gasteiger partial charge in [0, 0.05) is 0 Å². The van der Waals surface area contributed by atoms with Crippen LogP contribution in [0.2, 0.25) is 0 Å². The van der Waals surface area contributed by atoms with Crippen molar-refractivity contribution < 1.29 is 93.7 Å². The largest absolute Gasteiger partial charge is 0.497 e. The van der Waals surface area contributed by atoms with Gasteiger partial charge in [-0.15, -0.1) is 0 Å². The minimum Gasteiger partial charge on any atom is -0.497 e. The Morgan fingerprint density at radius 1 is 0.480 bits per heavy atom. The van der Waals surface area contributed by atoms with E-state index in [0.717, 1.165) is 0 Å². The van der Waals surface area contributed by atoms with Crippen molar-refractivity contribution in [2.75, 3.05) is 13.7 Å². The van der Waals surface area contributed by atoms with Crippen molar-refractivity contribution in [1.29, 1.82) is 0 Å². The Morgan fingerprint density at radius 2 is 0.940 bits per heavy atom. The average Bonchev–Trinajstić information content (AvgIpc) is 3.10. The van der Waals surface area contributed by atoms with Crippen LogP contribution in [0, 0.1) is 0 Å². The van der Waals surface area contributed by atoms with E-state index in [1.165, 1.54) is 27.9 Å². The lowest BCUT2D eigenvalue weighted by Crippen LogP contribution is -2.67. The molecule has 4 fully saturated rings. The molecule has 5 rings (SSSR count). The number of hydrogen-bond donors (Lipinski definition) is 10. The lowest BCUT2D eigenvalue weighted by Gasteiger charge is -2.49. The van der Waals surface area contributed by atoms with Gasteiger partial charge in [-0.3, -0.25) is 0 Å². The lowest BCUT2D eigenvalue weighted by molar-refractivity contribution is -0.392. The Hall–Kier alpha value is -1.86. The molecule has 0 unspecified atom stereocenters. The van der Waals surface area contributed by atoms with Crippen LogP contribution in [0.5, 0.6) is 11.5 Å². The predicted octanol–water partition coefficient (Wildman–Crippen LogP) is -4.57. The maximum Gasteiger partial charge on any atom is 0.229 e. The van der Waals surface area contributed by atoms with Crippen molar-refractivity contribution in [3.63, 3.8) is 0 Å². The van der Waals surface area contributed by atoms with Gasteiger partial charge in [0.25, 0.3) is 0 Å². The number of aliphatic hydroxyl groups excluding tert-OH is 10. The predicted molar refractivity (Wildman–Crippen MR) is 161 cm³/mol. The third-order valence-electron chi connectivity index (χ3n) is 9.38. The topological polar surface area (TPSA) is 285 Å². The number of hydrogen-bond acceptors (Lipinski definition) is 19. The second-order valence-corrected chi connectivity index (χ2v) is 12.9. The average molecular weight is 725 g/mol. The molecule has 0 amide bonds. The summed E-state index contributed by atoms with van der Waals surface area (Å²) >= 11 is 0. The molecule has 286 valence electrons. The highest BCUT2D eigenvalue weighted by Gasteiger charge is 2.55. The van der Waals surface area contributed by atoms with Crippen molar-refractivity contribution in [3.8, 4) is 11.5 Å². The Labute approximate surface area is 286 Å². The van der Waals surface area contributed by atoms with Crippen LogP contribution >= 0.6 is 0 Å². The van der Waals surface area contributed by atoms with Crippen LogP contribution in [-0.2, 0) is 33.2 Å². The van der Waals surface area contributed by atoms with Gasteiger partial charge in [-0.25, -0.2) is 0 Å². The normalized spacial score (nSPS) is 48.6. The van der Waals surface area contributed by atoms with E-state index in [9.17, 15) is 51.1 Å². The van der Waals surface area contributed by atoms with Gasteiger partial charge in [-0.1, -0.05) is 0 Å². The number of methoxy groups -OCH3 is 1. The molecule has 4 heterocycles. The highest BCUT2D eigenvalue weighted by molar-refractivity contribution is 5.31. The van der Waals surface area contributed by atoms with Gasteiger partial charge in [0.1, 0.15) is 84.7 Å². The zero-order valence-corrected chi connectivity index (χ0v) is 27.7. The molecule has 0 aromatic heterocycles. The van der Waals surface area contributed by atoms with Gasteiger partial charge >= 0.3 is 0 Å². The summed E-state index contributed by atoms with van der Waals surface area (Å²) < 4.78 is 51.4. The van der Waals surface area contributed by atoms with Crippen LogP contribution in [0.1, 0.15) is 20.8 Å². The fourth-order valence-electron chi connectivity index (χ4n) is 6.20. The van der Waals surface area contributed by atoms with Gasteiger partial charge in [-0.05, 0) is 45.0 Å². The van der Waals surface area contributed by atoms with Crippen molar-refractivity contribution in [1.82, 2.24) is 0 Å². The number of aliphatic hydroxyl groups is 10. The van der Waals surface area contributed by atoms with Gasteiger partial charge in [0.05, 0.1) is 32.0 Å². The van der Waals surface area contributed by atoms with Crippen LogP contribution < -0.4 is 9.47 Å². The molecule has 4 aliphatic heterocycles. The van der Waals surface area contributed by atoms with E-state index in [1.807, 2.05) is 0 Å². The third-order valence-corrected chi connectivity index (χ3v) is 9.38. The summed E-state index contributed by atoms with van der Waals surface area (Å²) in [4.78, 5) is 0. The fraction of sp³-hybridized carbons (Fsp3) is 0.806. The summed E-state index contributed by atoms with van der Waals surface area (Å²) in [5.74, 6) is 0.847. The molecule has 0 radical (unpaired) electrons. The Balaban J connectivity index is 1.35. The molecule has 0 saturated carbocycles. The molecular formula is C31H48O19. The van der Waals surface area contributed by atoms with Gasteiger partial charge in [0.2, 0.25) is 6.29 Å². The highest BCUT2D eigenvalue weighted by Crippen LogP contribution is 2.35. The molecular weight excluding hydrogens is 676 g/mol. The molecule has 0 aliphatic carbocycles.